The first-order chi connectivity index (χ1) is 6.24. The average molecular weight is 181 g/mol. The summed E-state index contributed by atoms with van der Waals surface area (Å²) in [6, 6.07) is 3.37. The van der Waals surface area contributed by atoms with Crippen molar-refractivity contribution in [2.75, 3.05) is 0 Å². The number of ketones is 1. The summed E-state index contributed by atoms with van der Waals surface area (Å²) in [5.41, 5.74) is 5.58. The summed E-state index contributed by atoms with van der Waals surface area (Å²) in [5.74, 6) is 0.954. The van der Waals surface area contributed by atoms with Crippen LogP contribution in [0.2, 0.25) is 0 Å². The predicted octanol–water partition coefficient (Wildman–Crippen LogP) is 1.52. The molecule has 3 nitrogen and oxygen atoms in total. The Bertz CT molecular complexity index is 254. The van der Waals surface area contributed by atoms with Gasteiger partial charge in [-0.2, -0.15) is 0 Å². The summed E-state index contributed by atoms with van der Waals surface area (Å²) in [5, 5.41) is 0. The monoisotopic (exact) mass is 181 g/mol. The quantitative estimate of drug-likeness (QED) is 0.749. The lowest BCUT2D eigenvalue weighted by Gasteiger charge is -2.05. The predicted molar refractivity (Wildman–Crippen MR) is 50.3 cm³/mol. The first-order valence-corrected chi connectivity index (χ1v) is 4.54. The van der Waals surface area contributed by atoms with Gasteiger partial charge in [0.1, 0.15) is 11.5 Å². The Hall–Kier alpha value is -1.09. The number of hydrogen-bond donors (Lipinski definition) is 1. The molecule has 1 unspecified atom stereocenters. The summed E-state index contributed by atoms with van der Waals surface area (Å²) < 4.78 is 5.10. The lowest BCUT2D eigenvalue weighted by atomic mass is 10.1. The average Bonchev–Trinajstić information content (AvgIpc) is 2.65. The summed E-state index contributed by atoms with van der Waals surface area (Å²) >= 11 is 0. The molecule has 0 aliphatic carbocycles. The number of aryl methyl sites for hydroxylation is 1. The van der Waals surface area contributed by atoms with Gasteiger partial charge in [0.15, 0.2) is 0 Å². The molecule has 1 rings (SSSR count). The highest BCUT2D eigenvalue weighted by Crippen LogP contribution is 2.05. The lowest BCUT2D eigenvalue weighted by Crippen LogP contribution is -2.29. The number of furan rings is 1. The highest BCUT2D eigenvalue weighted by molar-refractivity contribution is 5.83. The van der Waals surface area contributed by atoms with Crippen LogP contribution < -0.4 is 5.73 Å². The van der Waals surface area contributed by atoms with Crippen molar-refractivity contribution in [2.45, 2.75) is 32.2 Å². The second-order valence-corrected chi connectivity index (χ2v) is 3.06. The minimum absolute atomic E-state index is 0.110. The number of carbonyl (C=O) groups excluding carboxylic acids is 1. The molecule has 0 spiro atoms. The first-order valence-electron chi connectivity index (χ1n) is 4.54. The van der Waals surface area contributed by atoms with Crippen LogP contribution in [0.5, 0.6) is 0 Å². The molecular weight excluding hydrogens is 166 g/mol. The van der Waals surface area contributed by atoms with Gasteiger partial charge < -0.3 is 10.2 Å². The van der Waals surface area contributed by atoms with E-state index in [4.69, 9.17) is 10.2 Å². The van der Waals surface area contributed by atoms with E-state index in [1.807, 2.05) is 19.1 Å². The minimum atomic E-state index is -0.310. The summed E-state index contributed by atoms with van der Waals surface area (Å²) in [6.45, 7) is 1.91. The van der Waals surface area contributed by atoms with Crippen molar-refractivity contribution >= 4 is 5.78 Å². The highest BCUT2D eigenvalue weighted by atomic mass is 16.3. The molecule has 1 heterocycles. The molecule has 0 amide bonds. The first kappa shape index (κ1) is 9.99. The van der Waals surface area contributed by atoms with Crippen molar-refractivity contribution < 1.29 is 9.21 Å². The van der Waals surface area contributed by atoms with E-state index < -0.39 is 0 Å². The fraction of sp³-hybridized carbons (Fsp3) is 0.500. The second-order valence-electron chi connectivity index (χ2n) is 3.06. The van der Waals surface area contributed by atoms with Crippen LogP contribution in [-0.2, 0) is 11.2 Å². The maximum absolute atomic E-state index is 11.3. The van der Waals surface area contributed by atoms with Crippen LogP contribution in [0, 0.1) is 0 Å². The smallest absolute Gasteiger partial charge is 0.149 e. The zero-order valence-electron chi connectivity index (χ0n) is 7.82. The Labute approximate surface area is 77.9 Å². The van der Waals surface area contributed by atoms with Gasteiger partial charge in [0.2, 0.25) is 0 Å². The maximum Gasteiger partial charge on any atom is 0.149 e. The molecule has 13 heavy (non-hydrogen) atoms. The van der Waals surface area contributed by atoms with Crippen LogP contribution in [0.15, 0.2) is 22.8 Å². The lowest BCUT2D eigenvalue weighted by molar-refractivity contribution is -0.120. The van der Waals surface area contributed by atoms with Gasteiger partial charge in [0.05, 0.1) is 12.3 Å². The van der Waals surface area contributed by atoms with Crippen LogP contribution >= 0.6 is 0 Å². The van der Waals surface area contributed by atoms with Crippen molar-refractivity contribution in [1.29, 1.82) is 0 Å². The molecule has 0 radical (unpaired) electrons. The van der Waals surface area contributed by atoms with Crippen LogP contribution in [0.3, 0.4) is 0 Å². The van der Waals surface area contributed by atoms with Crippen LogP contribution in [0.4, 0.5) is 0 Å². The second kappa shape index (κ2) is 4.82. The Morgan fingerprint density at radius 1 is 1.69 bits per heavy atom. The van der Waals surface area contributed by atoms with Crippen LogP contribution in [-0.4, -0.2) is 11.8 Å². The SMILES string of the molecule is CCC(N)C(=O)CCc1ccco1. The van der Waals surface area contributed by atoms with Crippen molar-refractivity contribution in [2.24, 2.45) is 5.73 Å². The Balaban J connectivity index is 2.31. The highest BCUT2D eigenvalue weighted by Gasteiger charge is 2.11. The molecule has 0 aliphatic rings. The van der Waals surface area contributed by atoms with Gasteiger partial charge in [-0.15, -0.1) is 0 Å². The van der Waals surface area contributed by atoms with E-state index in [-0.39, 0.29) is 11.8 Å². The van der Waals surface area contributed by atoms with E-state index in [0.717, 1.165) is 5.76 Å². The maximum atomic E-state index is 11.3. The molecular formula is C10H15NO2. The molecule has 3 heteroatoms. The molecule has 2 N–H and O–H groups in total. The molecule has 1 aromatic heterocycles. The normalized spacial score (nSPS) is 12.8. The zero-order valence-corrected chi connectivity index (χ0v) is 7.82. The summed E-state index contributed by atoms with van der Waals surface area (Å²) in [7, 11) is 0. The fourth-order valence-electron chi connectivity index (χ4n) is 1.11. The summed E-state index contributed by atoms with van der Waals surface area (Å²) in [4.78, 5) is 11.3. The molecule has 0 saturated heterocycles. The van der Waals surface area contributed by atoms with Gasteiger partial charge in [-0.05, 0) is 18.6 Å². The van der Waals surface area contributed by atoms with E-state index in [1.54, 1.807) is 6.26 Å². The number of hydrogen-bond acceptors (Lipinski definition) is 3. The van der Waals surface area contributed by atoms with Crippen LogP contribution in [0.25, 0.3) is 0 Å². The molecule has 1 aromatic rings. The van der Waals surface area contributed by atoms with Crippen molar-refractivity contribution in [3.8, 4) is 0 Å². The van der Waals surface area contributed by atoms with Crippen LogP contribution in [0.1, 0.15) is 25.5 Å². The van der Waals surface area contributed by atoms with Gasteiger partial charge in [0, 0.05) is 12.8 Å². The molecule has 0 saturated carbocycles. The molecule has 0 fully saturated rings. The van der Waals surface area contributed by atoms with Crippen molar-refractivity contribution in [3.05, 3.63) is 24.2 Å². The zero-order chi connectivity index (χ0) is 9.68. The number of carbonyl (C=O) groups is 1. The van der Waals surface area contributed by atoms with Gasteiger partial charge >= 0.3 is 0 Å². The number of rotatable bonds is 5. The summed E-state index contributed by atoms with van der Waals surface area (Å²) in [6.07, 6.45) is 3.44. The Kier molecular flexibility index (Phi) is 3.71. The third-order valence-electron chi connectivity index (χ3n) is 2.05. The number of nitrogens with two attached hydrogens (primary N) is 1. The number of Topliss-reactive ketones (excluding diaryl/α,β-unsaturated/α-hetero) is 1. The van der Waals surface area contributed by atoms with Gasteiger partial charge in [-0.25, -0.2) is 0 Å². The minimum Gasteiger partial charge on any atom is -0.469 e. The van der Waals surface area contributed by atoms with E-state index in [1.165, 1.54) is 0 Å². The standard InChI is InChI=1S/C10H15NO2/c1-2-9(11)10(12)6-5-8-4-3-7-13-8/h3-4,7,9H,2,5-6,11H2,1H3. The van der Waals surface area contributed by atoms with E-state index in [9.17, 15) is 4.79 Å². The van der Waals surface area contributed by atoms with Gasteiger partial charge in [0.25, 0.3) is 0 Å². The third kappa shape index (κ3) is 3.03. The van der Waals surface area contributed by atoms with Gasteiger partial charge in [-0.1, -0.05) is 6.92 Å². The van der Waals surface area contributed by atoms with E-state index in [0.29, 0.717) is 19.3 Å². The molecule has 1 atom stereocenters. The molecule has 0 aromatic carbocycles. The van der Waals surface area contributed by atoms with E-state index >= 15 is 0 Å². The molecule has 0 bridgehead atoms. The fourth-order valence-corrected chi connectivity index (χ4v) is 1.11. The largest absolute Gasteiger partial charge is 0.469 e. The Morgan fingerprint density at radius 3 is 3.00 bits per heavy atom. The third-order valence-corrected chi connectivity index (χ3v) is 2.05. The van der Waals surface area contributed by atoms with Crippen molar-refractivity contribution in [3.63, 3.8) is 0 Å². The van der Waals surface area contributed by atoms with Crippen molar-refractivity contribution in [1.82, 2.24) is 0 Å². The van der Waals surface area contributed by atoms with E-state index in [2.05, 4.69) is 0 Å². The van der Waals surface area contributed by atoms with Gasteiger partial charge in [-0.3, -0.25) is 4.79 Å². The molecule has 72 valence electrons. The topological polar surface area (TPSA) is 56.2 Å². The molecule has 0 aliphatic heterocycles. The Morgan fingerprint density at radius 2 is 2.46 bits per heavy atom.